The molecule has 0 saturated heterocycles. The second kappa shape index (κ2) is 6.01. The highest BCUT2D eigenvalue weighted by Gasteiger charge is 2.22. The molecular weight excluding hydrogens is 254 g/mol. The van der Waals surface area contributed by atoms with E-state index >= 15 is 0 Å². The lowest BCUT2D eigenvalue weighted by Gasteiger charge is -2.20. The van der Waals surface area contributed by atoms with Crippen molar-refractivity contribution in [3.8, 4) is 0 Å². The minimum Gasteiger partial charge on any atom is -0.356 e. The van der Waals surface area contributed by atoms with E-state index in [4.69, 9.17) is 11.6 Å². The molecule has 0 aromatic carbocycles. The van der Waals surface area contributed by atoms with Crippen LogP contribution in [0.4, 0.5) is 5.13 Å². The second-order valence-electron chi connectivity index (χ2n) is 5.02. The summed E-state index contributed by atoms with van der Waals surface area (Å²) in [7, 11) is 0. The van der Waals surface area contributed by atoms with Gasteiger partial charge in [-0.15, -0.1) is 11.6 Å². The fourth-order valence-corrected chi connectivity index (χ4v) is 3.22. The summed E-state index contributed by atoms with van der Waals surface area (Å²) in [5.74, 6) is 1.32. The van der Waals surface area contributed by atoms with Crippen molar-refractivity contribution in [1.82, 2.24) is 9.36 Å². The fraction of sp³-hybridized carbons (Fsp3) is 0.833. The number of hydrogen-bond acceptors (Lipinski definition) is 4. The molecule has 0 amide bonds. The number of hydrogen-bond donors (Lipinski definition) is 1. The maximum absolute atomic E-state index is 6.40. The number of nitrogens with zero attached hydrogens (tertiary/aromatic N) is 2. The van der Waals surface area contributed by atoms with E-state index in [0.717, 1.165) is 23.8 Å². The third kappa shape index (κ3) is 3.55. The van der Waals surface area contributed by atoms with Crippen molar-refractivity contribution in [2.75, 3.05) is 5.32 Å². The molecule has 3 nitrogen and oxygen atoms in total. The Kier molecular flexibility index (Phi) is 4.62. The predicted octanol–water partition coefficient (Wildman–Crippen LogP) is 4.01. The lowest BCUT2D eigenvalue weighted by atomic mass is 10.1. The molecule has 17 heavy (non-hydrogen) atoms. The maximum atomic E-state index is 6.40. The van der Waals surface area contributed by atoms with Gasteiger partial charge in [-0.2, -0.15) is 4.37 Å². The van der Waals surface area contributed by atoms with Crippen molar-refractivity contribution in [2.45, 2.75) is 63.3 Å². The van der Waals surface area contributed by atoms with Gasteiger partial charge in [0, 0.05) is 23.5 Å². The lowest BCUT2D eigenvalue weighted by molar-refractivity contribution is 0.626. The molecule has 1 aliphatic carbocycles. The molecule has 1 fully saturated rings. The molecule has 2 unspecified atom stereocenters. The molecular formula is C12H20ClN3S. The quantitative estimate of drug-likeness (QED) is 0.668. The third-order valence-electron chi connectivity index (χ3n) is 3.20. The first-order valence-corrected chi connectivity index (χ1v) is 7.62. The highest BCUT2D eigenvalue weighted by molar-refractivity contribution is 7.09. The fourth-order valence-electron chi connectivity index (χ4n) is 2.11. The number of nitrogens with one attached hydrogen (secondary N) is 1. The Labute approximate surface area is 112 Å². The molecule has 96 valence electrons. The highest BCUT2D eigenvalue weighted by Crippen LogP contribution is 2.26. The first-order chi connectivity index (χ1) is 8.16. The summed E-state index contributed by atoms with van der Waals surface area (Å²) in [5, 5.41) is 4.61. The summed E-state index contributed by atoms with van der Waals surface area (Å²) in [4.78, 5) is 4.51. The molecule has 1 aromatic heterocycles. The Morgan fingerprint density at radius 2 is 2.06 bits per heavy atom. The van der Waals surface area contributed by atoms with Gasteiger partial charge >= 0.3 is 0 Å². The van der Waals surface area contributed by atoms with Crippen LogP contribution in [0.5, 0.6) is 0 Å². The SMILES string of the molecule is CC(C)c1nsc(NC2CCCCCC2Cl)n1. The van der Waals surface area contributed by atoms with Gasteiger partial charge in [0.25, 0.3) is 0 Å². The zero-order valence-electron chi connectivity index (χ0n) is 10.4. The molecule has 1 aromatic rings. The van der Waals surface area contributed by atoms with Crippen LogP contribution in [0.1, 0.15) is 57.7 Å². The summed E-state index contributed by atoms with van der Waals surface area (Å²) in [6.07, 6.45) is 6.06. The van der Waals surface area contributed by atoms with Gasteiger partial charge in [-0.05, 0) is 12.8 Å². The van der Waals surface area contributed by atoms with Gasteiger partial charge in [0.15, 0.2) is 0 Å². The smallest absolute Gasteiger partial charge is 0.202 e. The van der Waals surface area contributed by atoms with Crippen LogP contribution in [0.25, 0.3) is 0 Å². The van der Waals surface area contributed by atoms with E-state index in [1.165, 1.54) is 30.8 Å². The Morgan fingerprint density at radius 3 is 2.76 bits per heavy atom. The molecule has 0 radical (unpaired) electrons. The molecule has 0 bridgehead atoms. The van der Waals surface area contributed by atoms with Crippen LogP contribution in [0.2, 0.25) is 0 Å². The van der Waals surface area contributed by atoms with Gasteiger partial charge in [0.1, 0.15) is 5.82 Å². The number of anilines is 1. The number of rotatable bonds is 3. The standard InChI is InChI=1S/C12H20ClN3S/c1-8(2)11-15-12(17-16-11)14-10-7-5-3-4-6-9(10)13/h8-10H,3-7H2,1-2H3,(H,14,15,16). The van der Waals surface area contributed by atoms with Crippen molar-refractivity contribution in [2.24, 2.45) is 0 Å². The second-order valence-corrected chi connectivity index (χ2v) is 6.33. The van der Waals surface area contributed by atoms with Crippen molar-refractivity contribution in [1.29, 1.82) is 0 Å². The van der Waals surface area contributed by atoms with Crippen LogP contribution in [0.15, 0.2) is 0 Å². The Morgan fingerprint density at radius 1 is 1.29 bits per heavy atom. The molecule has 2 atom stereocenters. The molecule has 1 saturated carbocycles. The van der Waals surface area contributed by atoms with Crippen LogP contribution >= 0.6 is 23.1 Å². The van der Waals surface area contributed by atoms with Gasteiger partial charge in [0.2, 0.25) is 5.13 Å². The minimum absolute atomic E-state index is 0.226. The number of aromatic nitrogens is 2. The molecule has 1 heterocycles. The van der Waals surface area contributed by atoms with E-state index in [2.05, 4.69) is 28.5 Å². The third-order valence-corrected chi connectivity index (χ3v) is 4.38. The van der Waals surface area contributed by atoms with E-state index < -0.39 is 0 Å². The number of alkyl halides is 1. The van der Waals surface area contributed by atoms with Crippen LogP contribution in [0, 0.1) is 0 Å². The Hall–Kier alpha value is -0.350. The van der Waals surface area contributed by atoms with Crippen molar-refractivity contribution >= 4 is 28.3 Å². The summed E-state index contributed by atoms with van der Waals surface area (Å²) in [5.41, 5.74) is 0. The topological polar surface area (TPSA) is 37.8 Å². The van der Waals surface area contributed by atoms with Crippen LogP contribution in [0.3, 0.4) is 0 Å². The predicted molar refractivity (Wildman–Crippen MR) is 74.1 cm³/mol. The van der Waals surface area contributed by atoms with Crippen LogP contribution in [-0.2, 0) is 0 Å². The van der Waals surface area contributed by atoms with E-state index in [9.17, 15) is 0 Å². The summed E-state index contributed by atoms with van der Waals surface area (Å²) in [6.45, 7) is 4.23. The molecule has 0 spiro atoms. The van der Waals surface area contributed by atoms with Crippen molar-refractivity contribution < 1.29 is 0 Å². The zero-order valence-corrected chi connectivity index (χ0v) is 12.0. The molecule has 1 aliphatic rings. The van der Waals surface area contributed by atoms with Gasteiger partial charge in [0.05, 0.1) is 5.38 Å². The van der Waals surface area contributed by atoms with E-state index in [1.807, 2.05) is 0 Å². The number of halogens is 1. The van der Waals surface area contributed by atoms with Crippen molar-refractivity contribution in [3.05, 3.63) is 5.82 Å². The van der Waals surface area contributed by atoms with Crippen LogP contribution < -0.4 is 5.32 Å². The first kappa shape index (κ1) is 13.1. The zero-order chi connectivity index (χ0) is 12.3. The van der Waals surface area contributed by atoms with Gasteiger partial charge < -0.3 is 5.32 Å². The van der Waals surface area contributed by atoms with Gasteiger partial charge in [-0.25, -0.2) is 4.98 Å². The first-order valence-electron chi connectivity index (χ1n) is 6.41. The molecule has 5 heteroatoms. The minimum atomic E-state index is 0.226. The largest absolute Gasteiger partial charge is 0.356 e. The van der Waals surface area contributed by atoms with Crippen LogP contribution in [-0.4, -0.2) is 20.8 Å². The average Bonchev–Trinajstić information content (AvgIpc) is 2.66. The average molecular weight is 274 g/mol. The van der Waals surface area contributed by atoms with E-state index in [1.54, 1.807) is 0 Å². The highest BCUT2D eigenvalue weighted by atomic mass is 35.5. The molecule has 0 aliphatic heterocycles. The summed E-state index contributed by atoms with van der Waals surface area (Å²) >= 11 is 7.85. The molecule has 1 N–H and O–H groups in total. The normalized spacial score (nSPS) is 25.9. The summed E-state index contributed by atoms with van der Waals surface area (Å²) in [6, 6.07) is 0.354. The Balaban J connectivity index is 1.98. The monoisotopic (exact) mass is 273 g/mol. The van der Waals surface area contributed by atoms with Crippen molar-refractivity contribution in [3.63, 3.8) is 0 Å². The Bertz CT molecular complexity index is 353. The summed E-state index contributed by atoms with van der Waals surface area (Å²) < 4.78 is 4.35. The maximum Gasteiger partial charge on any atom is 0.202 e. The van der Waals surface area contributed by atoms with E-state index in [0.29, 0.717) is 12.0 Å². The molecule has 2 rings (SSSR count). The van der Waals surface area contributed by atoms with Gasteiger partial charge in [-0.1, -0.05) is 33.1 Å². The lowest BCUT2D eigenvalue weighted by Crippen LogP contribution is -2.28. The van der Waals surface area contributed by atoms with E-state index in [-0.39, 0.29) is 5.38 Å². The van der Waals surface area contributed by atoms with Gasteiger partial charge in [-0.3, -0.25) is 0 Å².